The molecule has 21 heavy (non-hydrogen) atoms. The van der Waals surface area contributed by atoms with E-state index in [0.29, 0.717) is 0 Å². The van der Waals surface area contributed by atoms with Crippen molar-refractivity contribution in [1.29, 1.82) is 0 Å². The average Bonchev–Trinajstić information content (AvgIpc) is 2.55. The SMILES string of the molecule is Cc1cccc(C(Cl)c2ccc(C3CCCCC3)cc2)c1. The summed E-state index contributed by atoms with van der Waals surface area (Å²) in [7, 11) is 0. The molecule has 0 N–H and O–H groups in total. The second kappa shape index (κ2) is 6.66. The molecule has 3 rings (SSSR count). The third-order valence-corrected chi connectivity index (χ3v) is 5.14. The van der Waals surface area contributed by atoms with E-state index in [4.69, 9.17) is 11.6 Å². The van der Waals surface area contributed by atoms with Crippen molar-refractivity contribution < 1.29 is 0 Å². The van der Waals surface area contributed by atoms with Crippen LogP contribution in [0.3, 0.4) is 0 Å². The summed E-state index contributed by atoms with van der Waals surface area (Å²) in [6.07, 6.45) is 6.87. The number of aryl methyl sites for hydroxylation is 1. The summed E-state index contributed by atoms with van der Waals surface area (Å²) in [5.41, 5.74) is 5.13. The van der Waals surface area contributed by atoms with Crippen LogP contribution < -0.4 is 0 Å². The summed E-state index contributed by atoms with van der Waals surface area (Å²) in [4.78, 5) is 0. The van der Waals surface area contributed by atoms with E-state index in [-0.39, 0.29) is 5.38 Å². The minimum Gasteiger partial charge on any atom is -0.113 e. The lowest BCUT2D eigenvalue weighted by atomic mass is 9.84. The van der Waals surface area contributed by atoms with Gasteiger partial charge in [0.2, 0.25) is 0 Å². The van der Waals surface area contributed by atoms with Gasteiger partial charge in [-0.1, -0.05) is 73.4 Å². The van der Waals surface area contributed by atoms with Crippen molar-refractivity contribution in [3.8, 4) is 0 Å². The predicted octanol–water partition coefficient (Wildman–Crippen LogP) is 6.37. The van der Waals surface area contributed by atoms with Gasteiger partial charge in [0.05, 0.1) is 5.38 Å². The van der Waals surface area contributed by atoms with Crippen LogP contribution in [-0.4, -0.2) is 0 Å². The quantitative estimate of drug-likeness (QED) is 0.577. The standard InChI is InChI=1S/C20H23Cl/c1-15-6-5-9-19(14-15)20(21)18-12-10-17(11-13-18)16-7-3-2-4-8-16/h5-6,9-14,16,20H,2-4,7-8H2,1H3. The zero-order chi connectivity index (χ0) is 14.7. The van der Waals surface area contributed by atoms with E-state index >= 15 is 0 Å². The van der Waals surface area contributed by atoms with Gasteiger partial charge in [0.15, 0.2) is 0 Å². The van der Waals surface area contributed by atoms with Crippen molar-refractivity contribution in [2.45, 2.75) is 50.3 Å². The molecular formula is C20H23Cl. The van der Waals surface area contributed by atoms with E-state index in [9.17, 15) is 0 Å². The zero-order valence-corrected chi connectivity index (χ0v) is 13.4. The number of alkyl halides is 1. The smallest absolute Gasteiger partial charge is 0.0835 e. The number of rotatable bonds is 3. The summed E-state index contributed by atoms with van der Waals surface area (Å²) in [6, 6.07) is 17.5. The van der Waals surface area contributed by atoms with Gasteiger partial charge in [-0.2, -0.15) is 0 Å². The lowest BCUT2D eigenvalue weighted by molar-refractivity contribution is 0.443. The molecule has 1 aliphatic rings. The molecule has 1 saturated carbocycles. The highest BCUT2D eigenvalue weighted by atomic mass is 35.5. The Hall–Kier alpha value is -1.27. The van der Waals surface area contributed by atoms with Gasteiger partial charge in [-0.15, -0.1) is 11.6 Å². The van der Waals surface area contributed by atoms with Crippen LogP contribution in [0.15, 0.2) is 48.5 Å². The van der Waals surface area contributed by atoms with Crippen LogP contribution in [-0.2, 0) is 0 Å². The van der Waals surface area contributed by atoms with Crippen molar-refractivity contribution in [3.63, 3.8) is 0 Å². The molecule has 0 saturated heterocycles. The van der Waals surface area contributed by atoms with E-state index in [1.807, 2.05) is 0 Å². The fourth-order valence-corrected chi connectivity index (χ4v) is 3.67. The molecule has 2 aromatic carbocycles. The van der Waals surface area contributed by atoms with Crippen LogP contribution in [0.5, 0.6) is 0 Å². The molecule has 0 amide bonds. The molecule has 0 nitrogen and oxygen atoms in total. The van der Waals surface area contributed by atoms with Gasteiger partial charge in [0, 0.05) is 0 Å². The third-order valence-electron chi connectivity index (χ3n) is 4.64. The average molecular weight is 299 g/mol. The van der Waals surface area contributed by atoms with Crippen LogP contribution in [0.1, 0.15) is 65.7 Å². The highest BCUT2D eigenvalue weighted by Crippen LogP contribution is 2.34. The fraction of sp³-hybridized carbons (Fsp3) is 0.400. The van der Waals surface area contributed by atoms with Crippen LogP contribution in [0.25, 0.3) is 0 Å². The van der Waals surface area contributed by atoms with E-state index in [2.05, 4.69) is 55.5 Å². The van der Waals surface area contributed by atoms with Crippen molar-refractivity contribution in [3.05, 3.63) is 70.8 Å². The molecule has 1 atom stereocenters. The molecular weight excluding hydrogens is 276 g/mol. The molecule has 1 fully saturated rings. The van der Waals surface area contributed by atoms with E-state index in [1.54, 1.807) is 0 Å². The third kappa shape index (κ3) is 3.49. The van der Waals surface area contributed by atoms with Crippen LogP contribution in [0.2, 0.25) is 0 Å². The Labute approximate surface area is 133 Å². The van der Waals surface area contributed by atoms with Gasteiger partial charge in [0.1, 0.15) is 0 Å². The lowest BCUT2D eigenvalue weighted by Gasteiger charge is -2.22. The van der Waals surface area contributed by atoms with Crippen molar-refractivity contribution in [2.75, 3.05) is 0 Å². The first-order chi connectivity index (χ1) is 10.2. The second-order valence-corrected chi connectivity index (χ2v) is 6.71. The van der Waals surface area contributed by atoms with Crippen molar-refractivity contribution >= 4 is 11.6 Å². The lowest BCUT2D eigenvalue weighted by Crippen LogP contribution is -2.04. The molecule has 0 radical (unpaired) electrons. The molecule has 1 heteroatoms. The molecule has 2 aromatic rings. The minimum atomic E-state index is -0.0506. The summed E-state index contributed by atoms with van der Waals surface area (Å²) >= 11 is 6.64. The van der Waals surface area contributed by atoms with Crippen molar-refractivity contribution in [1.82, 2.24) is 0 Å². The van der Waals surface area contributed by atoms with Crippen molar-refractivity contribution in [2.24, 2.45) is 0 Å². The number of hydrogen-bond donors (Lipinski definition) is 0. The molecule has 0 spiro atoms. The first-order valence-corrected chi connectivity index (χ1v) is 8.48. The highest BCUT2D eigenvalue weighted by Gasteiger charge is 2.16. The normalized spacial score (nSPS) is 17.6. The fourth-order valence-electron chi connectivity index (χ4n) is 3.39. The predicted molar refractivity (Wildman–Crippen MR) is 91.1 cm³/mol. The number of hydrogen-bond acceptors (Lipinski definition) is 0. The minimum absolute atomic E-state index is 0.0506. The Morgan fingerprint density at radius 3 is 2.29 bits per heavy atom. The first-order valence-electron chi connectivity index (χ1n) is 8.04. The van der Waals surface area contributed by atoms with Gasteiger partial charge < -0.3 is 0 Å². The molecule has 1 aliphatic carbocycles. The van der Waals surface area contributed by atoms with E-state index < -0.39 is 0 Å². The molecule has 0 aliphatic heterocycles. The number of halogens is 1. The maximum absolute atomic E-state index is 6.64. The van der Waals surface area contributed by atoms with E-state index in [0.717, 1.165) is 5.92 Å². The maximum atomic E-state index is 6.64. The van der Waals surface area contributed by atoms with Gasteiger partial charge >= 0.3 is 0 Å². The van der Waals surface area contributed by atoms with Crippen LogP contribution >= 0.6 is 11.6 Å². The molecule has 0 bridgehead atoms. The Balaban J connectivity index is 1.77. The van der Waals surface area contributed by atoms with Gasteiger partial charge in [-0.05, 0) is 42.4 Å². The molecule has 1 unspecified atom stereocenters. The van der Waals surface area contributed by atoms with Gasteiger partial charge in [0.25, 0.3) is 0 Å². The Bertz CT molecular complexity index is 579. The Morgan fingerprint density at radius 2 is 1.62 bits per heavy atom. The van der Waals surface area contributed by atoms with Gasteiger partial charge in [-0.3, -0.25) is 0 Å². The topological polar surface area (TPSA) is 0 Å². The summed E-state index contributed by atoms with van der Waals surface area (Å²) in [6.45, 7) is 2.11. The second-order valence-electron chi connectivity index (χ2n) is 6.28. The molecule has 110 valence electrons. The zero-order valence-electron chi connectivity index (χ0n) is 12.7. The summed E-state index contributed by atoms with van der Waals surface area (Å²) < 4.78 is 0. The van der Waals surface area contributed by atoms with Crippen LogP contribution in [0, 0.1) is 6.92 Å². The number of benzene rings is 2. The Morgan fingerprint density at radius 1 is 0.905 bits per heavy atom. The van der Waals surface area contributed by atoms with Gasteiger partial charge in [-0.25, -0.2) is 0 Å². The molecule has 0 aromatic heterocycles. The monoisotopic (exact) mass is 298 g/mol. The van der Waals surface area contributed by atoms with Crippen LogP contribution in [0.4, 0.5) is 0 Å². The summed E-state index contributed by atoms with van der Waals surface area (Å²) in [5.74, 6) is 0.764. The largest absolute Gasteiger partial charge is 0.113 e. The first kappa shape index (κ1) is 14.7. The molecule has 0 heterocycles. The maximum Gasteiger partial charge on any atom is 0.0835 e. The Kier molecular flexibility index (Phi) is 4.65. The summed E-state index contributed by atoms with van der Waals surface area (Å²) in [5, 5.41) is -0.0506. The highest BCUT2D eigenvalue weighted by molar-refractivity contribution is 6.22. The van der Waals surface area contributed by atoms with E-state index in [1.165, 1.54) is 54.4 Å².